The number of aryl methyl sites for hydroxylation is 1. The maximum Gasteiger partial charge on any atom is 0.129 e. The first-order valence-electron chi connectivity index (χ1n) is 5.76. The van der Waals surface area contributed by atoms with Crippen LogP contribution in [0.3, 0.4) is 0 Å². The van der Waals surface area contributed by atoms with Crippen LogP contribution in [0.25, 0.3) is 0 Å². The number of hydrogen-bond donors (Lipinski definition) is 2. The van der Waals surface area contributed by atoms with E-state index in [9.17, 15) is 5.11 Å². The van der Waals surface area contributed by atoms with Gasteiger partial charge in [-0.2, -0.15) is 0 Å². The summed E-state index contributed by atoms with van der Waals surface area (Å²) in [6, 6.07) is 6.87. The molecule has 0 saturated heterocycles. The van der Waals surface area contributed by atoms with Crippen molar-refractivity contribution in [3.8, 4) is 5.75 Å². The summed E-state index contributed by atoms with van der Waals surface area (Å²) >= 11 is 5.90. The van der Waals surface area contributed by atoms with E-state index in [4.69, 9.17) is 22.1 Å². The fourth-order valence-corrected chi connectivity index (χ4v) is 2.06. The van der Waals surface area contributed by atoms with Crippen LogP contribution in [-0.4, -0.2) is 17.2 Å². The normalized spacial score (nSPS) is 12.2. The molecule has 0 aliphatic carbocycles. The first-order valence-corrected chi connectivity index (χ1v) is 6.14. The second-order valence-electron chi connectivity index (χ2n) is 4.28. The number of methoxy groups -OCH3 is 1. The molecule has 0 fully saturated rings. The zero-order valence-electron chi connectivity index (χ0n) is 10.7. The largest absolute Gasteiger partial charge is 0.496 e. The molecule has 2 aromatic rings. The third kappa shape index (κ3) is 2.80. The molecule has 1 aromatic carbocycles. The molecule has 0 amide bonds. The Morgan fingerprint density at radius 2 is 2.05 bits per heavy atom. The SMILES string of the molecule is COc1cc(Cl)ccc1C(O)c1cc(C)cnc1N. The molecule has 3 N–H and O–H groups in total. The fraction of sp³-hybridized carbons (Fsp3) is 0.214. The second kappa shape index (κ2) is 5.47. The van der Waals surface area contributed by atoms with E-state index in [1.807, 2.05) is 6.92 Å². The lowest BCUT2D eigenvalue weighted by Crippen LogP contribution is -2.07. The molecule has 1 unspecified atom stereocenters. The average Bonchev–Trinajstić information content (AvgIpc) is 2.40. The Balaban J connectivity index is 2.49. The Labute approximate surface area is 116 Å². The number of anilines is 1. The smallest absolute Gasteiger partial charge is 0.129 e. The summed E-state index contributed by atoms with van der Waals surface area (Å²) in [5.41, 5.74) is 7.90. The number of nitrogen functional groups attached to an aromatic ring is 1. The minimum absolute atomic E-state index is 0.301. The lowest BCUT2D eigenvalue weighted by Gasteiger charge is -2.17. The average molecular weight is 279 g/mol. The minimum Gasteiger partial charge on any atom is -0.496 e. The van der Waals surface area contributed by atoms with Gasteiger partial charge in [0, 0.05) is 22.3 Å². The van der Waals surface area contributed by atoms with Crippen LogP contribution in [0.2, 0.25) is 5.02 Å². The van der Waals surface area contributed by atoms with Crippen molar-refractivity contribution in [3.63, 3.8) is 0 Å². The number of ether oxygens (including phenoxy) is 1. The lowest BCUT2D eigenvalue weighted by atomic mass is 10.00. The molecule has 1 heterocycles. The quantitative estimate of drug-likeness (QED) is 0.906. The molecular formula is C14H15ClN2O2. The fourth-order valence-electron chi connectivity index (χ4n) is 1.90. The minimum atomic E-state index is -0.903. The van der Waals surface area contributed by atoms with Crippen molar-refractivity contribution < 1.29 is 9.84 Å². The molecule has 2 rings (SSSR count). The molecule has 0 radical (unpaired) electrons. The van der Waals surface area contributed by atoms with E-state index in [1.165, 1.54) is 7.11 Å². The van der Waals surface area contributed by atoms with Gasteiger partial charge in [0.25, 0.3) is 0 Å². The van der Waals surface area contributed by atoms with Crippen molar-refractivity contribution in [2.24, 2.45) is 0 Å². The lowest BCUT2D eigenvalue weighted by molar-refractivity contribution is 0.215. The van der Waals surface area contributed by atoms with E-state index >= 15 is 0 Å². The highest BCUT2D eigenvalue weighted by atomic mass is 35.5. The predicted molar refractivity (Wildman–Crippen MR) is 75.5 cm³/mol. The number of halogens is 1. The number of benzene rings is 1. The third-order valence-corrected chi connectivity index (χ3v) is 3.11. The van der Waals surface area contributed by atoms with Gasteiger partial charge >= 0.3 is 0 Å². The van der Waals surface area contributed by atoms with Gasteiger partial charge in [-0.25, -0.2) is 4.98 Å². The third-order valence-electron chi connectivity index (χ3n) is 2.87. The van der Waals surface area contributed by atoms with E-state index in [0.29, 0.717) is 27.7 Å². The highest BCUT2D eigenvalue weighted by Crippen LogP contribution is 2.33. The molecular weight excluding hydrogens is 264 g/mol. The number of aliphatic hydroxyl groups excluding tert-OH is 1. The van der Waals surface area contributed by atoms with Gasteiger partial charge < -0.3 is 15.6 Å². The van der Waals surface area contributed by atoms with Crippen LogP contribution in [0.15, 0.2) is 30.5 Å². The molecule has 0 aliphatic rings. The van der Waals surface area contributed by atoms with Crippen molar-refractivity contribution in [1.29, 1.82) is 0 Å². The monoisotopic (exact) mass is 278 g/mol. The number of aromatic nitrogens is 1. The first kappa shape index (κ1) is 13.6. The molecule has 1 aromatic heterocycles. The van der Waals surface area contributed by atoms with Crippen LogP contribution < -0.4 is 10.5 Å². The van der Waals surface area contributed by atoms with Crippen LogP contribution >= 0.6 is 11.6 Å². The van der Waals surface area contributed by atoms with E-state index in [-0.39, 0.29) is 0 Å². The van der Waals surface area contributed by atoms with Crippen molar-refractivity contribution in [1.82, 2.24) is 4.98 Å². The summed E-state index contributed by atoms with van der Waals surface area (Å²) in [7, 11) is 1.53. The first-order chi connectivity index (χ1) is 9.02. The number of pyridine rings is 1. The summed E-state index contributed by atoms with van der Waals surface area (Å²) in [5, 5.41) is 11.0. The highest BCUT2D eigenvalue weighted by molar-refractivity contribution is 6.30. The van der Waals surface area contributed by atoms with Gasteiger partial charge in [0.1, 0.15) is 17.7 Å². The Morgan fingerprint density at radius 1 is 1.32 bits per heavy atom. The summed E-state index contributed by atoms with van der Waals surface area (Å²) < 4.78 is 5.23. The number of hydrogen-bond acceptors (Lipinski definition) is 4. The van der Waals surface area contributed by atoms with Crippen LogP contribution in [0.1, 0.15) is 22.8 Å². The Bertz CT molecular complexity index is 602. The Hall–Kier alpha value is -1.78. The van der Waals surface area contributed by atoms with Crippen molar-refractivity contribution in [3.05, 3.63) is 52.2 Å². The maximum atomic E-state index is 10.5. The maximum absolute atomic E-state index is 10.5. The van der Waals surface area contributed by atoms with E-state index < -0.39 is 6.10 Å². The zero-order valence-corrected chi connectivity index (χ0v) is 11.5. The van der Waals surface area contributed by atoms with Crippen LogP contribution in [0.5, 0.6) is 5.75 Å². The summed E-state index contributed by atoms with van der Waals surface area (Å²) in [4.78, 5) is 4.05. The van der Waals surface area contributed by atoms with Crippen LogP contribution in [0.4, 0.5) is 5.82 Å². The van der Waals surface area contributed by atoms with Gasteiger partial charge in [0.15, 0.2) is 0 Å². The molecule has 5 heteroatoms. The zero-order chi connectivity index (χ0) is 14.0. The molecule has 0 saturated carbocycles. The van der Waals surface area contributed by atoms with Crippen molar-refractivity contribution in [2.45, 2.75) is 13.0 Å². The molecule has 0 spiro atoms. The summed E-state index contributed by atoms with van der Waals surface area (Å²) in [6.07, 6.45) is 0.754. The second-order valence-corrected chi connectivity index (χ2v) is 4.71. The number of nitrogens with two attached hydrogens (primary N) is 1. The molecule has 4 nitrogen and oxygen atoms in total. The number of aliphatic hydroxyl groups is 1. The van der Waals surface area contributed by atoms with Gasteiger partial charge in [-0.05, 0) is 30.7 Å². The number of nitrogens with zero attached hydrogens (tertiary/aromatic N) is 1. The van der Waals surface area contributed by atoms with E-state index in [0.717, 1.165) is 5.56 Å². The van der Waals surface area contributed by atoms with Crippen molar-refractivity contribution >= 4 is 17.4 Å². The summed E-state index contributed by atoms with van der Waals surface area (Å²) in [5.74, 6) is 0.816. The van der Waals surface area contributed by atoms with Gasteiger partial charge in [-0.3, -0.25) is 0 Å². The van der Waals surface area contributed by atoms with Crippen LogP contribution in [-0.2, 0) is 0 Å². The molecule has 1 atom stereocenters. The topological polar surface area (TPSA) is 68.4 Å². The summed E-state index contributed by atoms with van der Waals surface area (Å²) in [6.45, 7) is 1.89. The van der Waals surface area contributed by atoms with E-state index in [1.54, 1.807) is 30.5 Å². The molecule has 19 heavy (non-hydrogen) atoms. The Kier molecular flexibility index (Phi) is 3.93. The number of rotatable bonds is 3. The molecule has 100 valence electrons. The standard InChI is InChI=1S/C14H15ClN2O2/c1-8-5-11(14(16)17-7-8)13(18)10-4-3-9(15)6-12(10)19-2/h3-7,13,18H,1-2H3,(H2,16,17). The Morgan fingerprint density at radius 3 is 2.74 bits per heavy atom. The highest BCUT2D eigenvalue weighted by Gasteiger charge is 2.18. The van der Waals surface area contributed by atoms with Gasteiger partial charge in [0.2, 0.25) is 0 Å². The van der Waals surface area contributed by atoms with Gasteiger partial charge in [-0.1, -0.05) is 17.7 Å². The molecule has 0 aliphatic heterocycles. The van der Waals surface area contributed by atoms with Crippen LogP contribution in [0, 0.1) is 6.92 Å². The van der Waals surface area contributed by atoms with E-state index in [2.05, 4.69) is 4.98 Å². The van der Waals surface area contributed by atoms with Crippen molar-refractivity contribution in [2.75, 3.05) is 12.8 Å². The van der Waals surface area contributed by atoms with Gasteiger partial charge in [0.05, 0.1) is 7.11 Å². The van der Waals surface area contributed by atoms with Gasteiger partial charge in [-0.15, -0.1) is 0 Å². The molecule has 0 bridgehead atoms. The predicted octanol–water partition coefficient (Wildman–Crippen LogP) is 2.72.